The molecule has 2 rings (SSSR count). The monoisotopic (exact) mass is 400 g/mol. The molecule has 0 bridgehead atoms. The maximum absolute atomic E-state index is 12.1. The summed E-state index contributed by atoms with van der Waals surface area (Å²) >= 11 is 7.82. The summed E-state index contributed by atoms with van der Waals surface area (Å²) in [5.74, 6) is -1.79. The molecule has 6 heteroatoms. The fraction of sp³-hybridized carbons (Fsp3) is 0. The van der Waals surface area contributed by atoms with Crippen LogP contribution in [0.2, 0.25) is 5.02 Å². The molecule has 0 aliphatic rings. The fourth-order valence-electron chi connectivity index (χ4n) is 1.62. The Morgan fingerprint density at radius 2 is 1.90 bits per heavy atom. The predicted octanol–water partition coefficient (Wildman–Crippen LogP) is 2.56. The van der Waals surface area contributed by atoms with Crippen LogP contribution in [0.5, 0.6) is 0 Å². The summed E-state index contributed by atoms with van der Waals surface area (Å²) in [6.07, 6.45) is 0. The van der Waals surface area contributed by atoms with Crippen LogP contribution < -0.4 is 10.4 Å². The molecular formula is C14H8ClINO3-. The first-order valence-electron chi connectivity index (χ1n) is 5.55. The van der Waals surface area contributed by atoms with E-state index in [1.807, 2.05) is 6.07 Å². The SMILES string of the molecule is O=C(Nc1ccc(Cl)cc1C(=O)[O-])c1cccc(I)c1. The van der Waals surface area contributed by atoms with E-state index in [9.17, 15) is 14.7 Å². The van der Waals surface area contributed by atoms with Gasteiger partial charge in [-0.2, -0.15) is 0 Å². The van der Waals surface area contributed by atoms with Crippen molar-refractivity contribution >= 4 is 51.8 Å². The number of carboxylic acids is 1. The first-order valence-corrected chi connectivity index (χ1v) is 7.01. The number of amides is 1. The van der Waals surface area contributed by atoms with Crippen LogP contribution in [0, 0.1) is 3.57 Å². The average molecular weight is 401 g/mol. The molecule has 4 nitrogen and oxygen atoms in total. The first-order chi connectivity index (χ1) is 9.47. The average Bonchev–Trinajstić information content (AvgIpc) is 2.40. The molecule has 102 valence electrons. The van der Waals surface area contributed by atoms with Crippen molar-refractivity contribution in [2.75, 3.05) is 5.32 Å². The lowest BCUT2D eigenvalue weighted by atomic mass is 10.1. The van der Waals surface area contributed by atoms with Crippen molar-refractivity contribution in [3.8, 4) is 0 Å². The molecule has 1 N–H and O–H groups in total. The van der Waals surface area contributed by atoms with Gasteiger partial charge in [-0.15, -0.1) is 0 Å². The number of anilines is 1. The third kappa shape index (κ3) is 3.49. The Hall–Kier alpha value is -1.60. The van der Waals surface area contributed by atoms with Gasteiger partial charge in [-0.05, 0) is 59.0 Å². The lowest BCUT2D eigenvalue weighted by Crippen LogP contribution is -2.25. The van der Waals surface area contributed by atoms with Crippen LogP contribution in [0.3, 0.4) is 0 Å². The van der Waals surface area contributed by atoms with Crippen LogP contribution in [0.25, 0.3) is 0 Å². The molecule has 0 spiro atoms. The summed E-state index contributed by atoms with van der Waals surface area (Å²) < 4.78 is 0.909. The van der Waals surface area contributed by atoms with Gasteiger partial charge >= 0.3 is 0 Å². The zero-order valence-corrected chi connectivity index (χ0v) is 12.9. The van der Waals surface area contributed by atoms with Crippen molar-refractivity contribution in [1.82, 2.24) is 0 Å². The molecule has 20 heavy (non-hydrogen) atoms. The van der Waals surface area contributed by atoms with E-state index < -0.39 is 11.9 Å². The molecule has 2 aromatic carbocycles. The number of carboxylic acid groups (broad SMARTS) is 1. The van der Waals surface area contributed by atoms with Gasteiger partial charge in [-0.25, -0.2) is 0 Å². The number of carbonyl (C=O) groups is 2. The van der Waals surface area contributed by atoms with Gasteiger partial charge < -0.3 is 15.2 Å². The van der Waals surface area contributed by atoms with Crippen molar-refractivity contribution in [1.29, 1.82) is 0 Å². The maximum atomic E-state index is 12.1. The Balaban J connectivity index is 2.30. The Morgan fingerprint density at radius 3 is 2.55 bits per heavy atom. The molecule has 0 radical (unpaired) electrons. The van der Waals surface area contributed by atoms with Gasteiger partial charge in [0.05, 0.1) is 11.7 Å². The van der Waals surface area contributed by atoms with Gasteiger partial charge in [0.15, 0.2) is 0 Å². The fourth-order valence-corrected chi connectivity index (χ4v) is 2.33. The third-order valence-corrected chi connectivity index (χ3v) is 3.44. The maximum Gasteiger partial charge on any atom is 0.255 e. The van der Waals surface area contributed by atoms with Crippen molar-refractivity contribution in [3.63, 3.8) is 0 Å². The van der Waals surface area contributed by atoms with E-state index in [2.05, 4.69) is 27.9 Å². The van der Waals surface area contributed by atoms with Crippen LogP contribution in [-0.2, 0) is 0 Å². The lowest BCUT2D eigenvalue weighted by molar-refractivity contribution is -0.254. The quantitative estimate of drug-likeness (QED) is 0.805. The van der Waals surface area contributed by atoms with E-state index in [1.165, 1.54) is 18.2 Å². The van der Waals surface area contributed by atoms with Gasteiger partial charge in [-0.1, -0.05) is 17.7 Å². The molecule has 0 saturated heterocycles. The van der Waals surface area contributed by atoms with E-state index in [4.69, 9.17) is 11.6 Å². The highest BCUT2D eigenvalue weighted by molar-refractivity contribution is 14.1. The normalized spacial score (nSPS) is 10.1. The number of hydrogen-bond donors (Lipinski definition) is 1. The number of rotatable bonds is 3. The number of nitrogens with one attached hydrogen (secondary N) is 1. The molecule has 0 heterocycles. The highest BCUT2D eigenvalue weighted by Gasteiger charge is 2.10. The number of benzene rings is 2. The largest absolute Gasteiger partial charge is 0.545 e. The third-order valence-electron chi connectivity index (χ3n) is 2.54. The Morgan fingerprint density at radius 1 is 1.15 bits per heavy atom. The minimum absolute atomic E-state index is 0.151. The van der Waals surface area contributed by atoms with Crippen LogP contribution in [0.4, 0.5) is 5.69 Å². The lowest BCUT2D eigenvalue weighted by Gasteiger charge is -2.12. The van der Waals surface area contributed by atoms with E-state index in [-0.39, 0.29) is 16.3 Å². The molecule has 2 aromatic rings. The Labute approximate surface area is 133 Å². The van der Waals surface area contributed by atoms with Crippen molar-refractivity contribution < 1.29 is 14.7 Å². The van der Waals surface area contributed by atoms with E-state index in [1.54, 1.807) is 18.2 Å². The molecule has 0 fully saturated rings. The van der Waals surface area contributed by atoms with Crippen molar-refractivity contribution in [2.24, 2.45) is 0 Å². The zero-order chi connectivity index (χ0) is 14.7. The second-order valence-electron chi connectivity index (χ2n) is 3.94. The Kier molecular flexibility index (Phi) is 4.61. The second kappa shape index (κ2) is 6.23. The smallest absolute Gasteiger partial charge is 0.255 e. The summed E-state index contributed by atoms with van der Waals surface area (Å²) in [4.78, 5) is 23.1. The van der Waals surface area contributed by atoms with Gasteiger partial charge in [0.1, 0.15) is 0 Å². The van der Waals surface area contributed by atoms with E-state index in [0.717, 1.165) is 3.57 Å². The first kappa shape index (κ1) is 14.8. The van der Waals surface area contributed by atoms with Gasteiger partial charge in [0.2, 0.25) is 0 Å². The number of halogens is 2. The van der Waals surface area contributed by atoms with Crippen LogP contribution in [-0.4, -0.2) is 11.9 Å². The minimum Gasteiger partial charge on any atom is -0.545 e. The topological polar surface area (TPSA) is 69.2 Å². The second-order valence-corrected chi connectivity index (χ2v) is 5.62. The summed E-state index contributed by atoms with van der Waals surface area (Å²) in [5, 5.41) is 13.8. The molecule has 0 saturated carbocycles. The molecule has 0 unspecified atom stereocenters. The molecule has 1 amide bonds. The van der Waals surface area contributed by atoms with Crippen molar-refractivity contribution in [2.45, 2.75) is 0 Å². The summed E-state index contributed by atoms with van der Waals surface area (Å²) in [5.41, 5.74) is 0.436. The molecule has 0 atom stereocenters. The van der Waals surface area contributed by atoms with E-state index in [0.29, 0.717) is 5.56 Å². The van der Waals surface area contributed by atoms with Gasteiger partial charge in [0, 0.05) is 19.7 Å². The van der Waals surface area contributed by atoms with Crippen LogP contribution in [0.1, 0.15) is 20.7 Å². The van der Waals surface area contributed by atoms with Gasteiger partial charge in [-0.3, -0.25) is 4.79 Å². The van der Waals surface area contributed by atoms with E-state index >= 15 is 0 Å². The minimum atomic E-state index is -1.40. The standard InChI is InChI=1S/C14H9ClINO3/c15-9-4-5-12(11(7-9)14(19)20)17-13(18)8-2-1-3-10(16)6-8/h1-7H,(H,17,18)(H,19,20)/p-1. The Bertz CT molecular complexity index is 688. The van der Waals surface area contributed by atoms with Gasteiger partial charge in [0.25, 0.3) is 5.91 Å². The summed E-state index contributed by atoms with van der Waals surface area (Å²) in [6, 6.07) is 11.1. The summed E-state index contributed by atoms with van der Waals surface area (Å²) in [7, 11) is 0. The number of hydrogen-bond acceptors (Lipinski definition) is 3. The van der Waals surface area contributed by atoms with Crippen LogP contribution >= 0.6 is 34.2 Å². The number of carbonyl (C=O) groups excluding carboxylic acids is 2. The number of aromatic carboxylic acids is 1. The van der Waals surface area contributed by atoms with Crippen molar-refractivity contribution in [3.05, 3.63) is 62.2 Å². The summed E-state index contributed by atoms with van der Waals surface area (Å²) in [6.45, 7) is 0. The predicted molar refractivity (Wildman–Crippen MR) is 82.9 cm³/mol. The molecular weight excluding hydrogens is 393 g/mol. The highest BCUT2D eigenvalue weighted by Crippen LogP contribution is 2.21. The highest BCUT2D eigenvalue weighted by atomic mass is 127. The zero-order valence-electron chi connectivity index (χ0n) is 10.0. The van der Waals surface area contributed by atoms with Crippen LogP contribution in [0.15, 0.2) is 42.5 Å². The molecule has 0 aromatic heterocycles. The molecule has 0 aliphatic heterocycles. The molecule has 0 aliphatic carbocycles.